The van der Waals surface area contributed by atoms with Crippen molar-refractivity contribution in [3.63, 3.8) is 0 Å². The van der Waals surface area contributed by atoms with Crippen LogP contribution < -0.4 is 5.32 Å². The fraction of sp³-hybridized carbons (Fsp3) is 0. The average Bonchev–Trinajstić information content (AvgIpc) is 2.35. The number of rotatable bonds is 2. The number of aromatic nitrogens is 3. The topological polar surface area (TPSA) is 67.8 Å². The Morgan fingerprint density at radius 2 is 2.11 bits per heavy atom. The fourth-order valence-electron chi connectivity index (χ4n) is 1.18. The number of amides is 1. The molecule has 5 nitrogen and oxygen atoms in total. The van der Waals surface area contributed by atoms with E-state index in [2.05, 4.69) is 20.5 Å². The van der Waals surface area contributed by atoms with Gasteiger partial charge in [-0.2, -0.15) is 0 Å². The quantitative estimate of drug-likeness (QED) is 0.921. The van der Waals surface area contributed by atoms with Gasteiger partial charge in [0.25, 0.3) is 5.91 Å². The van der Waals surface area contributed by atoms with Gasteiger partial charge < -0.3 is 5.32 Å². The Bertz CT molecular complexity index is 608. The summed E-state index contributed by atoms with van der Waals surface area (Å²) in [7, 11) is 0. The summed E-state index contributed by atoms with van der Waals surface area (Å²) in [5.41, 5.74) is -0.00752. The van der Waals surface area contributed by atoms with Gasteiger partial charge in [0.1, 0.15) is 0 Å². The zero-order chi connectivity index (χ0) is 13.1. The molecule has 0 spiro atoms. The summed E-state index contributed by atoms with van der Waals surface area (Å²) in [4.78, 5) is 15.4. The van der Waals surface area contributed by atoms with Crippen LogP contribution in [0.5, 0.6) is 0 Å². The maximum Gasteiger partial charge on any atom is 0.259 e. The number of nitrogens with zero attached hydrogens (tertiary/aromatic N) is 3. The molecule has 8 heteroatoms. The Kier molecular flexibility index (Phi) is 3.69. The third-order valence-electron chi connectivity index (χ3n) is 1.98. The van der Waals surface area contributed by atoms with Crippen molar-refractivity contribution in [3.8, 4) is 0 Å². The van der Waals surface area contributed by atoms with Gasteiger partial charge in [-0.15, -0.1) is 10.2 Å². The number of halogens is 3. The summed E-state index contributed by atoms with van der Waals surface area (Å²) < 4.78 is 13.3. The molecule has 0 aliphatic heterocycles. The van der Waals surface area contributed by atoms with Gasteiger partial charge >= 0.3 is 0 Å². The van der Waals surface area contributed by atoms with E-state index in [4.69, 9.17) is 23.2 Å². The summed E-state index contributed by atoms with van der Waals surface area (Å²) >= 11 is 11.3. The SMILES string of the molecule is O=C(Nc1ccncc1F)c1cc(Cl)nnc1Cl. The van der Waals surface area contributed by atoms with Crippen LogP contribution in [-0.2, 0) is 0 Å². The van der Waals surface area contributed by atoms with Crippen LogP contribution in [0, 0.1) is 5.82 Å². The lowest BCUT2D eigenvalue weighted by molar-refractivity contribution is 0.102. The summed E-state index contributed by atoms with van der Waals surface area (Å²) in [5, 5.41) is 9.17. The fourth-order valence-corrected chi connectivity index (χ4v) is 1.50. The van der Waals surface area contributed by atoms with Gasteiger partial charge in [0.05, 0.1) is 17.4 Å². The van der Waals surface area contributed by atoms with Crippen LogP contribution in [0.15, 0.2) is 24.5 Å². The standard InChI is InChI=1S/C10H5Cl2FN4O/c11-8-3-5(9(12)17-16-8)10(18)15-7-1-2-14-4-6(7)13/h1-4H,(H,14,15,18). The lowest BCUT2D eigenvalue weighted by Gasteiger charge is -2.06. The number of nitrogens with one attached hydrogen (secondary N) is 1. The van der Waals surface area contributed by atoms with Gasteiger partial charge in [-0.05, 0) is 12.1 Å². The third-order valence-corrected chi connectivity index (χ3v) is 2.45. The van der Waals surface area contributed by atoms with Gasteiger partial charge in [-0.25, -0.2) is 4.39 Å². The summed E-state index contributed by atoms with van der Waals surface area (Å²) in [5.74, 6) is -1.29. The molecule has 2 aromatic heterocycles. The number of hydrogen-bond donors (Lipinski definition) is 1. The summed E-state index contributed by atoms with van der Waals surface area (Å²) in [6.45, 7) is 0. The lowest BCUT2D eigenvalue weighted by Crippen LogP contribution is -2.14. The molecule has 0 saturated carbocycles. The molecule has 0 bridgehead atoms. The molecular weight excluding hydrogens is 282 g/mol. The van der Waals surface area contributed by atoms with Crippen molar-refractivity contribution in [1.29, 1.82) is 0 Å². The Hall–Kier alpha value is -1.79. The molecule has 0 atom stereocenters. The third kappa shape index (κ3) is 2.72. The van der Waals surface area contributed by atoms with Crippen molar-refractivity contribution in [2.75, 3.05) is 5.32 Å². The van der Waals surface area contributed by atoms with Crippen LogP contribution in [0.1, 0.15) is 10.4 Å². The number of pyridine rings is 1. The first-order valence-electron chi connectivity index (χ1n) is 4.67. The van der Waals surface area contributed by atoms with Crippen molar-refractivity contribution in [1.82, 2.24) is 15.2 Å². The molecule has 0 aromatic carbocycles. The predicted molar refractivity (Wildman–Crippen MR) is 64.2 cm³/mol. The molecule has 92 valence electrons. The Balaban J connectivity index is 2.28. The molecule has 2 rings (SSSR count). The van der Waals surface area contributed by atoms with Crippen molar-refractivity contribution in [3.05, 3.63) is 46.2 Å². The molecule has 0 aliphatic carbocycles. The lowest BCUT2D eigenvalue weighted by atomic mass is 10.3. The van der Waals surface area contributed by atoms with E-state index >= 15 is 0 Å². The number of carbonyl (C=O) groups excluding carboxylic acids is 1. The predicted octanol–water partition coefficient (Wildman–Crippen LogP) is 2.57. The first-order valence-corrected chi connectivity index (χ1v) is 5.43. The van der Waals surface area contributed by atoms with Gasteiger partial charge in [-0.1, -0.05) is 23.2 Å². The highest BCUT2D eigenvalue weighted by atomic mass is 35.5. The number of hydrogen-bond acceptors (Lipinski definition) is 4. The molecule has 2 heterocycles. The highest BCUT2D eigenvalue weighted by molar-refractivity contribution is 6.34. The summed E-state index contributed by atoms with van der Waals surface area (Å²) in [6, 6.07) is 2.56. The van der Waals surface area contributed by atoms with E-state index in [1.807, 2.05) is 0 Å². The molecule has 0 fully saturated rings. The van der Waals surface area contributed by atoms with Gasteiger partial charge in [-0.3, -0.25) is 9.78 Å². The van der Waals surface area contributed by atoms with Gasteiger partial charge in [0, 0.05) is 6.20 Å². The molecule has 2 aromatic rings. The second kappa shape index (κ2) is 5.24. The second-order valence-corrected chi connectivity index (χ2v) is 3.93. The Labute approximate surface area is 111 Å². The second-order valence-electron chi connectivity index (χ2n) is 3.18. The molecule has 0 radical (unpaired) electrons. The van der Waals surface area contributed by atoms with E-state index in [1.54, 1.807) is 0 Å². The van der Waals surface area contributed by atoms with E-state index in [-0.39, 0.29) is 21.6 Å². The monoisotopic (exact) mass is 286 g/mol. The van der Waals surface area contributed by atoms with E-state index in [9.17, 15) is 9.18 Å². The number of carbonyl (C=O) groups is 1. The normalized spacial score (nSPS) is 10.2. The Morgan fingerprint density at radius 1 is 1.33 bits per heavy atom. The molecule has 1 amide bonds. The van der Waals surface area contributed by atoms with E-state index in [1.165, 1.54) is 18.3 Å². The first-order chi connectivity index (χ1) is 8.58. The maximum atomic E-state index is 13.3. The largest absolute Gasteiger partial charge is 0.319 e. The minimum Gasteiger partial charge on any atom is -0.319 e. The molecule has 18 heavy (non-hydrogen) atoms. The van der Waals surface area contributed by atoms with Crippen LogP contribution in [0.4, 0.5) is 10.1 Å². The van der Waals surface area contributed by atoms with Crippen LogP contribution in [0.3, 0.4) is 0 Å². The van der Waals surface area contributed by atoms with Crippen molar-refractivity contribution >= 4 is 34.8 Å². The van der Waals surface area contributed by atoms with Crippen LogP contribution in [0.2, 0.25) is 10.3 Å². The molecule has 1 N–H and O–H groups in total. The van der Waals surface area contributed by atoms with Gasteiger partial charge in [0.2, 0.25) is 0 Å². The van der Waals surface area contributed by atoms with Crippen molar-refractivity contribution < 1.29 is 9.18 Å². The van der Waals surface area contributed by atoms with E-state index < -0.39 is 11.7 Å². The number of anilines is 1. The Morgan fingerprint density at radius 3 is 2.83 bits per heavy atom. The summed E-state index contributed by atoms with van der Waals surface area (Å²) in [6.07, 6.45) is 2.33. The van der Waals surface area contributed by atoms with Gasteiger partial charge in [0.15, 0.2) is 16.1 Å². The zero-order valence-corrected chi connectivity index (χ0v) is 10.2. The zero-order valence-electron chi connectivity index (χ0n) is 8.69. The van der Waals surface area contributed by atoms with Crippen molar-refractivity contribution in [2.45, 2.75) is 0 Å². The first kappa shape index (κ1) is 12.7. The van der Waals surface area contributed by atoms with E-state index in [0.717, 1.165) is 6.20 Å². The van der Waals surface area contributed by atoms with Crippen LogP contribution >= 0.6 is 23.2 Å². The smallest absolute Gasteiger partial charge is 0.259 e. The van der Waals surface area contributed by atoms with E-state index in [0.29, 0.717) is 0 Å². The molecular formula is C10H5Cl2FN4O. The highest BCUT2D eigenvalue weighted by Crippen LogP contribution is 2.18. The maximum absolute atomic E-state index is 13.3. The minimum absolute atomic E-state index is 0.00730. The molecule has 0 unspecified atom stereocenters. The highest BCUT2D eigenvalue weighted by Gasteiger charge is 2.14. The van der Waals surface area contributed by atoms with Crippen LogP contribution in [-0.4, -0.2) is 21.1 Å². The molecule has 0 aliphatic rings. The van der Waals surface area contributed by atoms with Crippen molar-refractivity contribution in [2.24, 2.45) is 0 Å². The van der Waals surface area contributed by atoms with Crippen LogP contribution in [0.25, 0.3) is 0 Å². The molecule has 0 saturated heterocycles. The minimum atomic E-state index is -0.657. The average molecular weight is 287 g/mol.